The molecule has 1 saturated carbocycles. The van der Waals surface area contributed by atoms with Gasteiger partial charge >= 0.3 is 0 Å². The molecule has 3 rings (SSSR count). The van der Waals surface area contributed by atoms with Crippen molar-refractivity contribution in [2.45, 2.75) is 86.5 Å². The van der Waals surface area contributed by atoms with Crippen molar-refractivity contribution in [3.63, 3.8) is 0 Å². The Labute approximate surface area is 139 Å². The first-order chi connectivity index (χ1) is 10.7. The Bertz CT molecular complexity index is 433. The molecular weight excluding hydrogens is 264 g/mol. The van der Waals surface area contributed by atoms with Crippen molar-refractivity contribution in [3.05, 3.63) is 35.4 Å². The highest BCUT2D eigenvalue weighted by molar-refractivity contribution is 5.34. The summed E-state index contributed by atoms with van der Waals surface area (Å²) in [5, 5.41) is 0. The molecule has 2 aliphatic rings. The van der Waals surface area contributed by atoms with Crippen LogP contribution in [0.2, 0.25) is 0 Å². The van der Waals surface area contributed by atoms with E-state index < -0.39 is 0 Å². The average Bonchev–Trinajstić information content (AvgIpc) is 2.61. The summed E-state index contributed by atoms with van der Waals surface area (Å²) in [6.07, 6.45) is 6.90. The molecule has 0 heterocycles. The number of rotatable bonds is 1. The molecule has 0 aliphatic heterocycles. The highest BCUT2D eigenvalue weighted by Crippen LogP contribution is 2.55. The molecule has 0 radical (unpaired) electrons. The van der Waals surface area contributed by atoms with Crippen LogP contribution in [0.15, 0.2) is 24.3 Å². The monoisotopic (exact) mass is 302 g/mol. The van der Waals surface area contributed by atoms with Crippen molar-refractivity contribution in [1.82, 2.24) is 0 Å². The lowest BCUT2D eigenvalue weighted by Crippen LogP contribution is -2.40. The molecule has 0 N–H and O–H groups in total. The smallest absolute Gasteiger partial charge is 0.0128 e. The fourth-order valence-electron chi connectivity index (χ4n) is 4.57. The van der Waals surface area contributed by atoms with E-state index in [-0.39, 0.29) is 0 Å². The highest BCUT2D eigenvalue weighted by Gasteiger charge is 2.44. The molecule has 0 amide bonds. The van der Waals surface area contributed by atoms with Gasteiger partial charge in [0.05, 0.1) is 0 Å². The third-order valence-corrected chi connectivity index (χ3v) is 6.29. The Kier molecular flexibility index (Phi) is 7.66. The fraction of sp³-hybridized carbons (Fsp3) is 0.727. The van der Waals surface area contributed by atoms with E-state index in [9.17, 15) is 0 Å². The molecule has 1 fully saturated rings. The van der Waals surface area contributed by atoms with Gasteiger partial charge in [-0.05, 0) is 60.0 Å². The topological polar surface area (TPSA) is 0 Å². The van der Waals surface area contributed by atoms with Gasteiger partial charge in [-0.25, -0.2) is 0 Å². The SMILES string of the molecule is CC.CC.CCC1(C)CCC2c3ccccc3CCC2C1C. The third-order valence-electron chi connectivity index (χ3n) is 6.29. The van der Waals surface area contributed by atoms with E-state index >= 15 is 0 Å². The number of aryl methyl sites for hydroxylation is 1. The first-order valence-electron chi connectivity index (χ1n) is 9.73. The largest absolute Gasteiger partial charge is 0.0683 e. The van der Waals surface area contributed by atoms with Crippen LogP contribution in [0.1, 0.15) is 91.2 Å². The Morgan fingerprint density at radius 1 is 1.05 bits per heavy atom. The Morgan fingerprint density at radius 3 is 2.32 bits per heavy atom. The van der Waals surface area contributed by atoms with Gasteiger partial charge in [0.1, 0.15) is 0 Å². The van der Waals surface area contributed by atoms with Crippen LogP contribution in [0.5, 0.6) is 0 Å². The highest BCUT2D eigenvalue weighted by atomic mass is 14.5. The standard InChI is InChI=1S/C18H26.2C2H6/c1-4-18(3)12-11-17-15(13(18)2)10-9-14-7-5-6-8-16(14)17;2*1-2/h5-8,13,15,17H,4,9-12H2,1-3H3;2*1-2H3. The van der Waals surface area contributed by atoms with Crippen LogP contribution in [0.4, 0.5) is 0 Å². The van der Waals surface area contributed by atoms with Crippen molar-refractivity contribution in [3.8, 4) is 0 Å². The summed E-state index contributed by atoms with van der Waals surface area (Å²) >= 11 is 0. The minimum Gasteiger partial charge on any atom is -0.0683 e. The Balaban J connectivity index is 0.000000561. The van der Waals surface area contributed by atoms with Gasteiger partial charge in [0.15, 0.2) is 0 Å². The van der Waals surface area contributed by atoms with Gasteiger partial charge in [-0.2, -0.15) is 0 Å². The van der Waals surface area contributed by atoms with Crippen LogP contribution < -0.4 is 0 Å². The van der Waals surface area contributed by atoms with Gasteiger partial charge in [-0.15, -0.1) is 0 Å². The second kappa shape index (κ2) is 8.75. The van der Waals surface area contributed by atoms with E-state index in [4.69, 9.17) is 0 Å². The molecule has 0 saturated heterocycles. The van der Waals surface area contributed by atoms with Crippen LogP contribution in [0, 0.1) is 17.3 Å². The van der Waals surface area contributed by atoms with Gasteiger partial charge in [-0.1, -0.05) is 79.2 Å². The van der Waals surface area contributed by atoms with E-state index in [0.717, 1.165) is 17.8 Å². The molecule has 0 heteroatoms. The molecule has 2 aliphatic carbocycles. The number of hydrogen-bond donors (Lipinski definition) is 0. The molecule has 1 aromatic carbocycles. The number of fused-ring (bicyclic) bond motifs is 3. The van der Waals surface area contributed by atoms with Crippen LogP contribution >= 0.6 is 0 Å². The lowest BCUT2D eigenvalue weighted by Gasteiger charge is -2.50. The number of hydrogen-bond acceptors (Lipinski definition) is 0. The molecule has 22 heavy (non-hydrogen) atoms. The van der Waals surface area contributed by atoms with Crippen molar-refractivity contribution < 1.29 is 0 Å². The minimum atomic E-state index is 0.591. The summed E-state index contributed by atoms with van der Waals surface area (Å²) in [4.78, 5) is 0. The lowest BCUT2D eigenvalue weighted by molar-refractivity contribution is 0.0412. The second-order valence-corrected chi connectivity index (χ2v) is 6.84. The van der Waals surface area contributed by atoms with Crippen LogP contribution in [-0.2, 0) is 6.42 Å². The first-order valence-corrected chi connectivity index (χ1v) is 9.73. The Morgan fingerprint density at radius 2 is 1.68 bits per heavy atom. The molecule has 1 aromatic rings. The first kappa shape index (κ1) is 19.3. The molecule has 4 atom stereocenters. The van der Waals surface area contributed by atoms with Crippen molar-refractivity contribution in [2.24, 2.45) is 17.3 Å². The van der Waals surface area contributed by atoms with E-state index in [1.165, 1.54) is 32.1 Å². The zero-order valence-corrected chi connectivity index (χ0v) is 16.1. The van der Waals surface area contributed by atoms with Crippen molar-refractivity contribution in [2.75, 3.05) is 0 Å². The summed E-state index contributed by atoms with van der Waals surface area (Å²) in [5.74, 6) is 2.66. The molecule has 0 nitrogen and oxygen atoms in total. The Hall–Kier alpha value is -0.780. The zero-order valence-electron chi connectivity index (χ0n) is 16.1. The van der Waals surface area contributed by atoms with Gasteiger partial charge in [-0.3, -0.25) is 0 Å². The van der Waals surface area contributed by atoms with E-state index in [1.54, 1.807) is 11.1 Å². The molecular formula is C22H38. The number of benzene rings is 1. The van der Waals surface area contributed by atoms with E-state index in [0.29, 0.717) is 5.41 Å². The molecule has 126 valence electrons. The van der Waals surface area contributed by atoms with Gasteiger partial charge < -0.3 is 0 Å². The molecule has 0 bridgehead atoms. The summed E-state index contributed by atoms with van der Waals surface area (Å²) in [6.45, 7) is 15.4. The van der Waals surface area contributed by atoms with Gasteiger partial charge in [0, 0.05) is 0 Å². The summed E-state index contributed by atoms with van der Waals surface area (Å²) in [5.41, 5.74) is 3.90. The maximum Gasteiger partial charge on any atom is -0.0128 e. The molecule has 0 spiro atoms. The van der Waals surface area contributed by atoms with Crippen LogP contribution in [0.3, 0.4) is 0 Å². The van der Waals surface area contributed by atoms with E-state index in [1.807, 2.05) is 27.7 Å². The maximum absolute atomic E-state index is 2.52. The summed E-state index contributed by atoms with van der Waals surface area (Å²) in [6, 6.07) is 9.19. The maximum atomic E-state index is 2.52. The third kappa shape index (κ3) is 3.58. The minimum absolute atomic E-state index is 0.591. The predicted molar refractivity (Wildman–Crippen MR) is 100 cm³/mol. The van der Waals surface area contributed by atoms with Gasteiger partial charge in [0.25, 0.3) is 0 Å². The van der Waals surface area contributed by atoms with Crippen molar-refractivity contribution in [1.29, 1.82) is 0 Å². The summed E-state index contributed by atoms with van der Waals surface area (Å²) < 4.78 is 0. The average molecular weight is 303 g/mol. The second-order valence-electron chi connectivity index (χ2n) is 6.84. The normalized spacial score (nSPS) is 32.4. The van der Waals surface area contributed by atoms with E-state index in [2.05, 4.69) is 45.0 Å². The fourth-order valence-corrected chi connectivity index (χ4v) is 4.57. The predicted octanol–water partition coefficient (Wildman–Crippen LogP) is 7.23. The van der Waals surface area contributed by atoms with Crippen LogP contribution in [-0.4, -0.2) is 0 Å². The zero-order chi connectivity index (χ0) is 16.8. The van der Waals surface area contributed by atoms with Crippen molar-refractivity contribution >= 4 is 0 Å². The summed E-state index contributed by atoms with van der Waals surface area (Å²) in [7, 11) is 0. The molecule has 0 aromatic heterocycles. The lowest BCUT2D eigenvalue weighted by atomic mass is 9.54. The quantitative estimate of drug-likeness (QED) is 0.513. The molecule has 4 unspecified atom stereocenters. The van der Waals surface area contributed by atoms with Gasteiger partial charge in [0.2, 0.25) is 0 Å². The van der Waals surface area contributed by atoms with Crippen LogP contribution in [0.25, 0.3) is 0 Å².